The van der Waals surface area contributed by atoms with Gasteiger partial charge in [-0.25, -0.2) is 0 Å². The van der Waals surface area contributed by atoms with Gasteiger partial charge in [-0.05, 0) is 25.1 Å². The summed E-state index contributed by atoms with van der Waals surface area (Å²) in [5, 5.41) is 14.1. The van der Waals surface area contributed by atoms with Crippen LogP contribution < -0.4 is 10.9 Å². The zero-order valence-electron chi connectivity index (χ0n) is 11.9. The predicted octanol–water partition coefficient (Wildman–Crippen LogP) is 3.01. The highest BCUT2D eigenvalue weighted by Gasteiger charge is 2.17. The topological polar surface area (TPSA) is 94.2 Å². The molecule has 2 rings (SSSR count). The molecule has 1 N–H and O–H groups in total. The van der Waals surface area contributed by atoms with Crippen LogP contribution in [0.1, 0.15) is 5.69 Å². The Morgan fingerprint density at radius 2 is 2.00 bits per heavy atom. The number of carbonyl (C=O) groups is 1. The van der Waals surface area contributed by atoms with Gasteiger partial charge in [0.05, 0.1) is 21.3 Å². The van der Waals surface area contributed by atoms with Crippen molar-refractivity contribution in [3.8, 4) is 0 Å². The fraction of sp³-hybridized carbons (Fsp3) is 0.143. The Morgan fingerprint density at radius 3 is 2.65 bits per heavy atom. The van der Waals surface area contributed by atoms with Crippen LogP contribution in [0.4, 0.5) is 11.4 Å². The smallest absolute Gasteiger partial charge is 0.288 e. The molecule has 1 aromatic carbocycles. The normalized spacial score (nSPS) is 10.4. The van der Waals surface area contributed by atoms with Gasteiger partial charge in [-0.15, -0.1) is 0 Å². The highest BCUT2D eigenvalue weighted by Crippen LogP contribution is 2.25. The molecule has 23 heavy (non-hydrogen) atoms. The van der Waals surface area contributed by atoms with E-state index >= 15 is 0 Å². The number of nitro groups is 1. The minimum Gasteiger partial charge on any atom is -0.323 e. The number of nitrogens with one attached hydrogen (secondary N) is 1. The molecule has 0 unspecified atom stereocenters. The fourth-order valence-electron chi connectivity index (χ4n) is 1.98. The zero-order chi connectivity index (χ0) is 17.1. The first-order chi connectivity index (χ1) is 10.8. The van der Waals surface area contributed by atoms with Gasteiger partial charge in [0, 0.05) is 17.2 Å². The van der Waals surface area contributed by atoms with Crippen LogP contribution in [-0.4, -0.2) is 15.4 Å². The lowest BCUT2D eigenvalue weighted by atomic mass is 10.3. The Morgan fingerprint density at radius 1 is 1.30 bits per heavy atom. The number of carbonyl (C=O) groups excluding carboxylic acids is 1. The first-order valence-electron chi connectivity index (χ1n) is 6.39. The highest BCUT2D eigenvalue weighted by atomic mass is 35.5. The molecule has 120 valence electrons. The van der Waals surface area contributed by atoms with Gasteiger partial charge in [-0.1, -0.05) is 23.2 Å². The fourth-order valence-corrected chi connectivity index (χ4v) is 2.32. The molecule has 0 atom stereocenters. The molecule has 0 bridgehead atoms. The van der Waals surface area contributed by atoms with Crippen LogP contribution in [0.5, 0.6) is 0 Å². The summed E-state index contributed by atoms with van der Waals surface area (Å²) < 4.78 is 1.02. The molecule has 0 aliphatic heterocycles. The van der Waals surface area contributed by atoms with Gasteiger partial charge < -0.3 is 5.32 Å². The van der Waals surface area contributed by atoms with Gasteiger partial charge in [0.25, 0.3) is 11.2 Å². The van der Waals surface area contributed by atoms with Crippen molar-refractivity contribution in [1.29, 1.82) is 0 Å². The SMILES string of the molecule is Cc1c([N+](=O)[O-])ccc(=O)n1CC(=O)Nc1cc(Cl)ccc1Cl. The molecule has 1 amide bonds. The third-order valence-corrected chi connectivity index (χ3v) is 3.69. The van der Waals surface area contributed by atoms with E-state index in [0.717, 1.165) is 16.7 Å². The third-order valence-electron chi connectivity index (χ3n) is 3.13. The largest absolute Gasteiger partial charge is 0.323 e. The molecular formula is C14H11Cl2N3O4. The Hall–Kier alpha value is -2.38. The summed E-state index contributed by atoms with van der Waals surface area (Å²) in [7, 11) is 0. The van der Waals surface area contributed by atoms with Crippen LogP contribution in [0, 0.1) is 17.0 Å². The van der Waals surface area contributed by atoms with E-state index in [-0.39, 0.29) is 22.9 Å². The van der Waals surface area contributed by atoms with E-state index < -0.39 is 16.4 Å². The summed E-state index contributed by atoms with van der Waals surface area (Å²) in [4.78, 5) is 34.2. The standard InChI is InChI=1S/C14H11Cl2N3O4/c1-8-12(19(22)23)4-5-14(21)18(8)7-13(20)17-11-6-9(15)2-3-10(11)16/h2-6H,7H2,1H3,(H,17,20). The molecule has 0 aliphatic rings. The zero-order valence-corrected chi connectivity index (χ0v) is 13.4. The van der Waals surface area contributed by atoms with Crippen LogP contribution >= 0.6 is 23.2 Å². The average Bonchev–Trinajstić information content (AvgIpc) is 2.47. The van der Waals surface area contributed by atoms with Crippen molar-refractivity contribution in [3.63, 3.8) is 0 Å². The molecule has 1 aromatic heterocycles. The van der Waals surface area contributed by atoms with Crippen molar-refractivity contribution in [1.82, 2.24) is 4.57 Å². The minimum atomic E-state index is -0.614. The Bertz CT molecular complexity index is 848. The molecule has 1 heterocycles. The maximum absolute atomic E-state index is 12.1. The van der Waals surface area contributed by atoms with Crippen molar-refractivity contribution >= 4 is 40.5 Å². The van der Waals surface area contributed by atoms with Crippen molar-refractivity contribution in [2.45, 2.75) is 13.5 Å². The van der Waals surface area contributed by atoms with Gasteiger partial charge >= 0.3 is 0 Å². The molecule has 0 saturated heterocycles. The predicted molar refractivity (Wildman–Crippen MR) is 87.2 cm³/mol. The second kappa shape index (κ2) is 6.80. The van der Waals surface area contributed by atoms with E-state index in [9.17, 15) is 19.7 Å². The van der Waals surface area contributed by atoms with Crippen LogP contribution in [0.25, 0.3) is 0 Å². The molecule has 0 fully saturated rings. The van der Waals surface area contributed by atoms with Crippen LogP contribution in [-0.2, 0) is 11.3 Å². The number of halogens is 2. The monoisotopic (exact) mass is 355 g/mol. The second-order valence-electron chi connectivity index (χ2n) is 4.66. The molecule has 0 radical (unpaired) electrons. The number of aromatic nitrogens is 1. The maximum atomic E-state index is 12.1. The van der Waals surface area contributed by atoms with Crippen molar-refractivity contribution < 1.29 is 9.72 Å². The van der Waals surface area contributed by atoms with Crippen molar-refractivity contribution in [2.75, 3.05) is 5.32 Å². The van der Waals surface area contributed by atoms with Gasteiger partial charge in [0.1, 0.15) is 6.54 Å². The summed E-state index contributed by atoms with van der Waals surface area (Å²) in [6.07, 6.45) is 0. The van der Waals surface area contributed by atoms with Crippen molar-refractivity contribution in [2.24, 2.45) is 0 Å². The quantitative estimate of drug-likeness (QED) is 0.673. The van der Waals surface area contributed by atoms with E-state index in [1.165, 1.54) is 19.1 Å². The summed E-state index contributed by atoms with van der Waals surface area (Å²) in [6.45, 7) is 1.02. The lowest BCUT2D eigenvalue weighted by Crippen LogP contribution is -2.29. The second-order valence-corrected chi connectivity index (χ2v) is 5.50. The number of hydrogen-bond acceptors (Lipinski definition) is 4. The molecular weight excluding hydrogens is 345 g/mol. The summed E-state index contributed by atoms with van der Waals surface area (Å²) >= 11 is 11.8. The summed E-state index contributed by atoms with van der Waals surface area (Å²) in [5.41, 5.74) is -0.367. The van der Waals surface area contributed by atoms with Crippen molar-refractivity contribution in [3.05, 3.63) is 66.5 Å². The Labute approximate surface area is 140 Å². The number of anilines is 1. The first-order valence-corrected chi connectivity index (χ1v) is 7.15. The highest BCUT2D eigenvalue weighted by molar-refractivity contribution is 6.35. The van der Waals surface area contributed by atoms with E-state index in [1.54, 1.807) is 6.07 Å². The molecule has 2 aromatic rings. The Kier molecular flexibility index (Phi) is 5.02. The van der Waals surface area contributed by atoms with Gasteiger partial charge in [-0.3, -0.25) is 24.3 Å². The summed E-state index contributed by atoms with van der Waals surface area (Å²) in [5.74, 6) is -0.556. The number of amides is 1. The minimum absolute atomic E-state index is 0.0924. The van der Waals surface area contributed by atoms with E-state index in [4.69, 9.17) is 23.2 Å². The molecule has 0 saturated carbocycles. The van der Waals surface area contributed by atoms with Gasteiger partial charge in [-0.2, -0.15) is 0 Å². The van der Waals surface area contributed by atoms with Crippen LogP contribution in [0.15, 0.2) is 35.1 Å². The number of hydrogen-bond donors (Lipinski definition) is 1. The average molecular weight is 356 g/mol. The maximum Gasteiger partial charge on any atom is 0.288 e. The van der Waals surface area contributed by atoms with E-state index in [1.807, 2.05) is 0 Å². The lowest BCUT2D eigenvalue weighted by molar-refractivity contribution is -0.386. The molecule has 7 nitrogen and oxygen atoms in total. The number of pyridine rings is 1. The van der Waals surface area contributed by atoms with Crippen LogP contribution in [0.3, 0.4) is 0 Å². The molecule has 0 spiro atoms. The van der Waals surface area contributed by atoms with Gasteiger partial charge in [0.15, 0.2) is 0 Å². The summed E-state index contributed by atoms with van der Waals surface area (Å²) in [6, 6.07) is 6.70. The first kappa shape index (κ1) is 17.0. The molecule has 0 aliphatic carbocycles. The van der Waals surface area contributed by atoms with Crippen LogP contribution in [0.2, 0.25) is 10.0 Å². The Balaban J connectivity index is 2.27. The van der Waals surface area contributed by atoms with Gasteiger partial charge in [0.2, 0.25) is 5.91 Å². The number of nitrogens with zero attached hydrogens (tertiary/aromatic N) is 2. The third kappa shape index (κ3) is 3.88. The lowest BCUT2D eigenvalue weighted by Gasteiger charge is -2.11. The van der Waals surface area contributed by atoms with E-state index in [0.29, 0.717) is 10.7 Å². The van der Waals surface area contributed by atoms with E-state index in [2.05, 4.69) is 5.32 Å². The molecule has 9 heteroatoms. The number of rotatable bonds is 4. The number of benzene rings is 1.